The normalized spacial score (nSPS) is 23.2. The highest BCUT2D eigenvalue weighted by Crippen LogP contribution is 2.41. The van der Waals surface area contributed by atoms with E-state index in [0.29, 0.717) is 51.1 Å². The number of nitrogens with zero attached hydrogens (tertiary/aromatic N) is 4. The Hall–Kier alpha value is -4.72. The van der Waals surface area contributed by atoms with E-state index in [4.69, 9.17) is 9.47 Å². The zero-order valence-corrected chi connectivity index (χ0v) is 43.6. The minimum absolute atomic E-state index is 0.0493. The molecule has 19 heteroatoms. The number of nitrogens with one attached hydrogen (secondary N) is 3. The molecule has 2 bridgehead atoms. The van der Waals surface area contributed by atoms with Gasteiger partial charge in [0.25, 0.3) is 11.8 Å². The minimum Gasteiger partial charge on any atom is -0.379 e. The van der Waals surface area contributed by atoms with Gasteiger partial charge in [-0.05, 0) is 81.7 Å². The first kappa shape index (κ1) is 56.2. The molecule has 11 atom stereocenters. The Morgan fingerprint density at radius 1 is 0.900 bits per heavy atom. The van der Waals surface area contributed by atoms with Gasteiger partial charge in [0, 0.05) is 65.0 Å². The van der Waals surface area contributed by atoms with E-state index in [1.165, 1.54) is 26.4 Å². The molecule has 2 saturated heterocycles. The number of hydrogen-bond donors (Lipinski definition) is 3. The Bertz CT molecular complexity index is 2120. The summed E-state index contributed by atoms with van der Waals surface area (Å²) >= 11 is 0. The zero-order chi connectivity index (χ0) is 51.4. The molecule has 70 heavy (non-hydrogen) atoms. The summed E-state index contributed by atoms with van der Waals surface area (Å²) < 4.78 is 41.1. The SMILES string of the molecule is CC[C@H](C)[C@@H]([C@@H](CC(=O)N1CCC[C@H]1[C@H](OC)[C@@H](C)C(=O)N[C@@H](Cc1ccccc1)CS(=O)(=O)NC(=O)CCCCCN1C(=O)C=CC1=O)OC)N(C)C(=O)[C@@H](NC(=O)[C@@H]1[C@H]2CC[C@H](C2)N1C)C(C)C. The summed E-state index contributed by atoms with van der Waals surface area (Å²) in [6.45, 7) is 10.2. The van der Waals surface area contributed by atoms with E-state index < -0.39 is 69.9 Å². The highest BCUT2D eigenvalue weighted by atomic mass is 32.2. The number of amides is 7. The lowest BCUT2D eigenvalue weighted by molar-refractivity contribution is -0.148. The van der Waals surface area contributed by atoms with Gasteiger partial charge in [0.2, 0.25) is 39.6 Å². The number of unbranched alkanes of at least 4 members (excludes halogenated alkanes) is 2. The van der Waals surface area contributed by atoms with E-state index in [1.54, 1.807) is 23.8 Å². The second-order valence-electron chi connectivity index (χ2n) is 20.3. The van der Waals surface area contributed by atoms with Crippen LogP contribution in [0.3, 0.4) is 0 Å². The zero-order valence-electron chi connectivity index (χ0n) is 42.8. The van der Waals surface area contributed by atoms with Crippen LogP contribution in [0.4, 0.5) is 0 Å². The number of likely N-dealkylation sites (tertiary alicyclic amines) is 2. The van der Waals surface area contributed by atoms with Gasteiger partial charge < -0.3 is 29.9 Å². The van der Waals surface area contributed by atoms with E-state index in [-0.39, 0.29) is 79.1 Å². The van der Waals surface area contributed by atoms with Crippen LogP contribution in [0.15, 0.2) is 42.5 Å². The van der Waals surface area contributed by atoms with Crippen molar-refractivity contribution in [1.29, 1.82) is 0 Å². The van der Waals surface area contributed by atoms with Gasteiger partial charge in [-0.2, -0.15) is 0 Å². The number of rotatable bonds is 27. The fraction of sp³-hybridized carbons (Fsp3) is 0.706. The van der Waals surface area contributed by atoms with Gasteiger partial charge in [0.1, 0.15) is 6.04 Å². The quantitative estimate of drug-likeness (QED) is 0.0855. The van der Waals surface area contributed by atoms with Gasteiger partial charge >= 0.3 is 0 Å². The summed E-state index contributed by atoms with van der Waals surface area (Å²) in [6.07, 6.45) is 7.25. The van der Waals surface area contributed by atoms with Gasteiger partial charge in [-0.15, -0.1) is 0 Å². The van der Waals surface area contributed by atoms with E-state index in [0.717, 1.165) is 29.7 Å². The number of piperidine rings is 1. The molecule has 3 N–H and O–H groups in total. The molecule has 5 rings (SSSR count). The first-order valence-corrected chi connectivity index (χ1v) is 26.9. The summed E-state index contributed by atoms with van der Waals surface area (Å²) in [5.41, 5.74) is 0.770. The predicted octanol–water partition coefficient (Wildman–Crippen LogP) is 3.19. The molecule has 0 spiro atoms. The third-order valence-corrected chi connectivity index (χ3v) is 16.6. The Kier molecular flexibility index (Phi) is 20.5. The third kappa shape index (κ3) is 14.2. The minimum atomic E-state index is -4.23. The van der Waals surface area contributed by atoms with Crippen molar-refractivity contribution in [2.75, 3.05) is 47.2 Å². The van der Waals surface area contributed by atoms with Crippen molar-refractivity contribution >= 4 is 51.4 Å². The lowest BCUT2D eigenvalue weighted by Gasteiger charge is -2.41. The van der Waals surface area contributed by atoms with Crippen LogP contribution in [0.25, 0.3) is 0 Å². The number of carbonyl (C=O) groups excluding carboxylic acids is 7. The summed E-state index contributed by atoms with van der Waals surface area (Å²) in [5, 5.41) is 6.03. The molecular weight excluding hydrogens is 919 g/mol. The van der Waals surface area contributed by atoms with Gasteiger partial charge in [-0.3, -0.25) is 48.1 Å². The molecule has 3 fully saturated rings. The maximum Gasteiger partial charge on any atom is 0.253 e. The molecular formula is C51H79N7O11S. The van der Waals surface area contributed by atoms with Crippen molar-refractivity contribution in [3.63, 3.8) is 0 Å². The maximum atomic E-state index is 14.5. The van der Waals surface area contributed by atoms with Gasteiger partial charge in [0.15, 0.2) is 0 Å². The van der Waals surface area contributed by atoms with Crippen LogP contribution in [-0.2, 0) is 59.5 Å². The number of fused-ring (bicyclic) bond motifs is 2. The van der Waals surface area contributed by atoms with Crippen LogP contribution in [-0.4, -0.2) is 165 Å². The lowest BCUT2D eigenvalue weighted by Crippen LogP contribution is -2.60. The van der Waals surface area contributed by atoms with Crippen molar-refractivity contribution in [3.8, 4) is 0 Å². The number of methoxy groups -OCH3 is 2. The number of likely N-dealkylation sites (N-methyl/N-ethyl adjacent to an activating group) is 2. The summed E-state index contributed by atoms with van der Waals surface area (Å²) in [5.74, 6) is -3.96. The van der Waals surface area contributed by atoms with E-state index in [2.05, 4.69) is 20.3 Å². The van der Waals surface area contributed by atoms with Crippen LogP contribution in [0.1, 0.15) is 111 Å². The second kappa shape index (κ2) is 25.6. The number of imide groups is 1. The predicted molar refractivity (Wildman–Crippen MR) is 264 cm³/mol. The van der Waals surface area contributed by atoms with Crippen LogP contribution in [0, 0.1) is 23.7 Å². The monoisotopic (exact) mass is 998 g/mol. The number of sulfonamides is 1. The van der Waals surface area contributed by atoms with E-state index >= 15 is 0 Å². The standard InChI is InChI=1S/C51H79N7O11S/c1-10-33(4)46(56(7)51(65)45(32(2)3)53-50(64)47-36-22-23-38(29-36)55(47)6)40(68-8)30-44(62)57-27-17-20-39(57)48(69-9)34(5)49(63)52-37(28-35-18-13-11-14-19-35)31-70(66,67)54-41(59)21-15-12-16-26-58-42(60)24-25-43(58)61/h11,13-14,18-19,24-25,32-34,36-40,45-48H,10,12,15-17,20-23,26-31H2,1-9H3,(H,52,63)(H,53,64)(H,54,59)/t33-,34+,36-,37-,38+,39-,40+,45-,46-,47-,48+/m0/s1. The molecule has 0 radical (unpaired) electrons. The smallest absolute Gasteiger partial charge is 0.253 e. The number of ether oxygens (including phenoxy) is 2. The number of benzene rings is 1. The molecule has 1 aromatic rings. The molecule has 1 aliphatic carbocycles. The van der Waals surface area contributed by atoms with Crippen molar-refractivity contribution in [3.05, 3.63) is 48.0 Å². The molecule has 390 valence electrons. The first-order valence-electron chi connectivity index (χ1n) is 25.3. The van der Waals surface area contributed by atoms with Crippen molar-refractivity contribution in [2.45, 2.75) is 160 Å². The molecule has 1 aromatic carbocycles. The molecule has 0 unspecified atom stereocenters. The molecule has 4 aliphatic rings. The fourth-order valence-corrected chi connectivity index (χ4v) is 12.4. The highest BCUT2D eigenvalue weighted by molar-refractivity contribution is 7.90. The average Bonchev–Trinajstić information content (AvgIpc) is 4.13. The first-order chi connectivity index (χ1) is 33.2. The van der Waals surface area contributed by atoms with Crippen LogP contribution in [0.5, 0.6) is 0 Å². The summed E-state index contributed by atoms with van der Waals surface area (Å²) in [7, 11) is 2.50. The Morgan fingerprint density at radius 3 is 2.19 bits per heavy atom. The Morgan fingerprint density at radius 2 is 1.59 bits per heavy atom. The molecule has 7 amide bonds. The Balaban J connectivity index is 1.22. The van der Waals surface area contributed by atoms with Crippen molar-refractivity contribution < 1.29 is 51.5 Å². The largest absolute Gasteiger partial charge is 0.379 e. The van der Waals surface area contributed by atoms with Crippen LogP contribution < -0.4 is 15.4 Å². The van der Waals surface area contributed by atoms with Gasteiger partial charge in [-0.25, -0.2) is 8.42 Å². The fourth-order valence-electron chi connectivity index (χ4n) is 11.2. The molecule has 3 heterocycles. The molecule has 3 aliphatic heterocycles. The van der Waals surface area contributed by atoms with Gasteiger partial charge in [-0.1, -0.05) is 77.8 Å². The number of carbonyl (C=O) groups is 7. The summed E-state index contributed by atoms with van der Waals surface area (Å²) in [6, 6.07) is 6.49. The van der Waals surface area contributed by atoms with Gasteiger partial charge in [0.05, 0.1) is 48.4 Å². The van der Waals surface area contributed by atoms with E-state index in [1.807, 2.05) is 65.1 Å². The second-order valence-corrected chi connectivity index (χ2v) is 22.1. The lowest BCUT2D eigenvalue weighted by atomic mass is 9.89. The van der Waals surface area contributed by atoms with Crippen molar-refractivity contribution in [1.82, 2.24) is 35.0 Å². The molecule has 18 nitrogen and oxygen atoms in total. The maximum absolute atomic E-state index is 14.5. The van der Waals surface area contributed by atoms with Crippen LogP contribution >= 0.6 is 0 Å². The van der Waals surface area contributed by atoms with Crippen LogP contribution in [0.2, 0.25) is 0 Å². The number of hydrogen-bond acceptors (Lipinski definition) is 12. The van der Waals surface area contributed by atoms with E-state index in [9.17, 15) is 42.0 Å². The summed E-state index contributed by atoms with van der Waals surface area (Å²) in [4.78, 5) is 99.9. The molecule has 0 aromatic heterocycles. The van der Waals surface area contributed by atoms with Crippen molar-refractivity contribution in [2.24, 2.45) is 23.7 Å². The highest BCUT2D eigenvalue weighted by Gasteiger charge is 2.49. The molecule has 1 saturated carbocycles. The Labute approximate surface area is 415 Å². The third-order valence-electron chi connectivity index (χ3n) is 15.2. The topological polar surface area (TPSA) is 221 Å². The average molecular weight is 998 g/mol.